The van der Waals surface area contributed by atoms with Gasteiger partial charge in [0.15, 0.2) is 0 Å². The summed E-state index contributed by atoms with van der Waals surface area (Å²) < 4.78 is 0. The third-order valence-electron chi connectivity index (χ3n) is 2.84. The molecule has 1 saturated heterocycles. The summed E-state index contributed by atoms with van der Waals surface area (Å²) in [4.78, 5) is 17.2. The van der Waals surface area contributed by atoms with Gasteiger partial charge in [0, 0.05) is 26.2 Å². The van der Waals surface area contributed by atoms with Crippen LogP contribution in [0.4, 0.5) is 0 Å². The maximum atomic E-state index is 12.0. The summed E-state index contributed by atoms with van der Waals surface area (Å²) in [6.45, 7) is 6.99. The molecule has 0 atom stereocenters. The van der Waals surface area contributed by atoms with Crippen molar-refractivity contribution < 1.29 is 4.79 Å². The Bertz CT molecular complexity index is 315. The molecule has 0 bridgehead atoms. The van der Waals surface area contributed by atoms with E-state index in [4.69, 9.17) is 0 Å². The number of carbonyl (C=O) groups is 1. The standard InChI is InChI=1S/C11H16N2OS/c1-2-12-5-7-13(8-6-12)11(14)10-4-3-9-15-10/h3-4,9H,2,5-8H2,1H3. The van der Waals surface area contributed by atoms with E-state index in [0.29, 0.717) is 0 Å². The number of likely N-dealkylation sites (N-methyl/N-ethyl adjacent to an activating group) is 1. The zero-order chi connectivity index (χ0) is 10.7. The van der Waals surface area contributed by atoms with Gasteiger partial charge in [-0.1, -0.05) is 13.0 Å². The Morgan fingerprint density at radius 1 is 1.40 bits per heavy atom. The Hall–Kier alpha value is -0.870. The van der Waals surface area contributed by atoms with Crippen molar-refractivity contribution >= 4 is 17.2 Å². The van der Waals surface area contributed by atoms with Crippen molar-refractivity contribution in [2.45, 2.75) is 6.92 Å². The van der Waals surface area contributed by atoms with E-state index in [2.05, 4.69) is 11.8 Å². The predicted octanol–water partition coefficient (Wildman–Crippen LogP) is 1.53. The van der Waals surface area contributed by atoms with Crippen LogP contribution in [0.5, 0.6) is 0 Å². The molecule has 1 aliphatic rings. The molecule has 0 unspecified atom stereocenters. The van der Waals surface area contributed by atoms with Crippen LogP contribution in [-0.2, 0) is 0 Å². The minimum Gasteiger partial charge on any atom is -0.335 e. The average molecular weight is 224 g/mol. The van der Waals surface area contributed by atoms with Crippen molar-refractivity contribution in [3.05, 3.63) is 22.4 Å². The first-order valence-electron chi connectivity index (χ1n) is 5.36. The van der Waals surface area contributed by atoms with Gasteiger partial charge in [-0.25, -0.2) is 0 Å². The van der Waals surface area contributed by atoms with Crippen molar-refractivity contribution in [3.8, 4) is 0 Å². The fourth-order valence-corrected chi connectivity index (χ4v) is 2.51. The lowest BCUT2D eigenvalue weighted by Gasteiger charge is -2.33. The third-order valence-corrected chi connectivity index (χ3v) is 3.70. The van der Waals surface area contributed by atoms with Gasteiger partial charge >= 0.3 is 0 Å². The topological polar surface area (TPSA) is 23.6 Å². The highest BCUT2D eigenvalue weighted by Crippen LogP contribution is 2.13. The average Bonchev–Trinajstić information content (AvgIpc) is 2.82. The van der Waals surface area contributed by atoms with Gasteiger partial charge in [0.25, 0.3) is 5.91 Å². The number of piperazine rings is 1. The highest BCUT2D eigenvalue weighted by Gasteiger charge is 2.21. The zero-order valence-electron chi connectivity index (χ0n) is 8.98. The van der Waals surface area contributed by atoms with Crippen molar-refractivity contribution in [2.24, 2.45) is 0 Å². The molecule has 82 valence electrons. The number of hydrogen-bond donors (Lipinski definition) is 0. The van der Waals surface area contributed by atoms with Crippen LogP contribution in [0.25, 0.3) is 0 Å². The van der Waals surface area contributed by atoms with Crippen LogP contribution in [0.2, 0.25) is 0 Å². The Labute approximate surface area is 94.3 Å². The number of amides is 1. The van der Waals surface area contributed by atoms with Crippen molar-refractivity contribution in [1.29, 1.82) is 0 Å². The predicted molar refractivity (Wildman–Crippen MR) is 62.3 cm³/mol. The molecule has 0 radical (unpaired) electrons. The molecular weight excluding hydrogens is 208 g/mol. The first-order chi connectivity index (χ1) is 7.31. The normalized spacial score (nSPS) is 18.1. The van der Waals surface area contributed by atoms with Gasteiger partial charge < -0.3 is 9.80 Å². The largest absolute Gasteiger partial charge is 0.335 e. The van der Waals surface area contributed by atoms with Crippen molar-refractivity contribution in [3.63, 3.8) is 0 Å². The van der Waals surface area contributed by atoms with Gasteiger partial charge in [-0.2, -0.15) is 0 Å². The molecule has 1 aliphatic heterocycles. The summed E-state index contributed by atoms with van der Waals surface area (Å²) in [5.41, 5.74) is 0. The van der Waals surface area contributed by atoms with Gasteiger partial charge in [0.05, 0.1) is 4.88 Å². The molecule has 1 amide bonds. The first kappa shape index (κ1) is 10.6. The van der Waals surface area contributed by atoms with Gasteiger partial charge in [-0.15, -0.1) is 11.3 Å². The SMILES string of the molecule is CCN1CCN(C(=O)c2cccs2)CC1. The molecule has 0 saturated carbocycles. The Morgan fingerprint density at radius 3 is 2.67 bits per heavy atom. The second-order valence-electron chi connectivity index (χ2n) is 3.70. The van der Waals surface area contributed by atoms with Gasteiger partial charge in [-0.3, -0.25) is 4.79 Å². The van der Waals surface area contributed by atoms with Gasteiger partial charge in [-0.05, 0) is 18.0 Å². The van der Waals surface area contributed by atoms with Crippen molar-refractivity contribution in [2.75, 3.05) is 32.7 Å². The van der Waals surface area contributed by atoms with Crippen LogP contribution in [0, 0.1) is 0 Å². The highest BCUT2D eigenvalue weighted by atomic mass is 32.1. The van der Waals surface area contributed by atoms with Crippen LogP contribution < -0.4 is 0 Å². The zero-order valence-corrected chi connectivity index (χ0v) is 9.80. The molecule has 1 aromatic heterocycles. The van der Waals surface area contributed by atoms with Crippen LogP contribution in [-0.4, -0.2) is 48.4 Å². The lowest BCUT2D eigenvalue weighted by atomic mass is 10.3. The molecule has 0 spiro atoms. The Morgan fingerprint density at radius 2 is 2.13 bits per heavy atom. The van der Waals surface area contributed by atoms with Crippen LogP contribution in [0.1, 0.15) is 16.6 Å². The van der Waals surface area contributed by atoms with E-state index in [9.17, 15) is 4.79 Å². The molecule has 4 heteroatoms. The molecule has 3 nitrogen and oxygen atoms in total. The molecule has 0 aromatic carbocycles. The summed E-state index contributed by atoms with van der Waals surface area (Å²) in [5, 5.41) is 1.95. The van der Waals surface area contributed by atoms with E-state index in [1.165, 1.54) is 11.3 Å². The third kappa shape index (κ3) is 2.38. The van der Waals surface area contributed by atoms with Gasteiger partial charge in [0.2, 0.25) is 0 Å². The maximum absolute atomic E-state index is 12.0. The minimum atomic E-state index is 0.195. The quantitative estimate of drug-likeness (QED) is 0.760. The van der Waals surface area contributed by atoms with E-state index in [-0.39, 0.29) is 5.91 Å². The molecular formula is C11H16N2OS. The number of hydrogen-bond acceptors (Lipinski definition) is 3. The van der Waals surface area contributed by atoms with Crippen LogP contribution >= 0.6 is 11.3 Å². The summed E-state index contributed by atoms with van der Waals surface area (Å²) in [7, 11) is 0. The second-order valence-corrected chi connectivity index (χ2v) is 4.65. The number of carbonyl (C=O) groups excluding carboxylic acids is 1. The summed E-state index contributed by atoms with van der Waals surface area (Å²) >= 11 is 1.53. The smallest absolute Gasteiger partial charge is 0.264 e. The summed E-state index contributed by atoms with van der Waals surface area (Å²) in [6, 6.07) is 3.83. The molecule has 1 fully saturated rings. The Kier molecular flexibility index (Phi) is 3.38. The number of rotatable bonds is 2. The molecule has 15 heavy (non-hydrogen) atoms. The van der Waals surface area contributed by atoms with Crippen LogP contribution in [0.15, 0.2) is 17.5 Å². The molecule has 1 aromatic rings. The van der Waals surface area contributed by atoms with Gasteiger partial charge in [0.1, 0.15) is 0 Å². The maximum Gasteiger partial charge on any atom is 0.264 e. The highest BCUT2D eigenvalue weighted by molar-refractivity contribution is 7.12. The fourth-order valence-electron chi connectivity index (χ4n) is 1.82. The first-order valence-corrected chi connectivity index (χ1v) is 6.24. The summed E-state index contributed by atoms with van der Waals surface area (Å²) in [5.74, 6) is 0.195. The van der Waals surface area contributed by atoms with E-state index in [1.807, 2.05) is 22.4 Å². The monoisotopic (exact) mass is 224 g/mol. The second kappa shape index (κ2) is 4.77. The van der Waals surface area contributed by atoms with Crippen molar-refractivity contribution in [1.82, 2.24) is 9.80 Å². The molecule has 2 rings (SSSR count). The lowest BCUT2D eigenvalue weighted by Crippen LogP contribution is -2.48. The fraction of sp³-hybridized carbons (Fsp3) is 0.545. The number of nitrogens with zero attached hydrogens (tertiary/aromatic N) is 2. The van der Waals surface area contributed by atoms with Crippen LogP contribution in [0.3, 0.4) is 0 Å². The summed E-state index contributed by atoms with van der Waals surface area (Å²) in [6.07, 6.45) is 0. The molecule has 0 aliphatic carbocycles. The molecule has 2 heterocycles. The van der Waals surface area contributed by atoms with E-state index >= 15 is 0 Å². The lowest BCUT2D eigenvalue weighted by molar-refractivity contribution is 0.0648. The Balaban J connectivity index is 1.93. The number of thiophene rings is 1. The minimum absolute atomic E-state index is 0.195. The van der Waals surface area contributed by atoms with E-state index in [0.717, 1.165) is 37.6 Å². The molecule has 0 N–H and O–H groups in total. The van der Waals surface area contributed by atoms with E-state index < -0.39 is 0 Å². The van der Waals surface area contributed by atoms with E-state index in [1.54, 1.807) is 0 Å².